The zero-order valence-electron chi connectivity index (χ0n) is 19.1. The molecule has 0 spiro atoms. The highest BCUT2D eigenvalue weighted by Gasteiger charge is 2.20. The number of fused-ring (bicyclic) bond motifs is 1. The van der Waals surface area contributed by atoms with E-state index in [1.807, 2.05) is 28.9 Å². The number of aliphatic hydroxyl groups is 2. The Bertz CT molecular complexity index is 1270. The molecule has 4 aromatic rings. The molecule has 1 saturated heterocycles. The van der Waals surface area contributed by atoms with Crippen LogP contribution in [0.2, 0.25) is 0 Å². The summed E-state index contributed by atoms with van der Waals surface area (Å²) in [5.41, 5.74) is 4.23. The zero-order valence-corrected chi connectivity index (χ0v) is 21.3. The Labute approximate surface area is 216 Å². The minimum absolute atomic E-state index is 0.0199. The summed E-state index contributed by atoms with van der Waals surface area (Å²) in [5.74, 6) is 0.579. The standard InChI is InChI=1S/C24H27IN8O2/c25-22-12-26-11-20(29-22)21-14-33-6-5-27-24(33)23(30-21)28-18-1-3-19(4-2-18)32-9-7-31(8-10-32)13-17(15-34)16-35/h1-6,11-12,14,17,34-35H,7-10,13,15-16H2,(H,28,30). The number of nitrogens with zero attached hydrogens (tertiary/aromatic N) is 7. The highest BCUT2D eigenvalue weighted by molar-refractivity contribution is 14.1. The van der Waals surface area contributed by atoms with E-state index < -0.39 is 0 Å². The molecular formula is C24H27IN8O2. The van der Waals surface area contributed by atoms with Crippen LogP contribution in [0.1, 0.15) is 0 Å². The fraction of sp³-hybridized carbons (Fsp3) is 0.333. The molecule has 1 fully saturated rings. The Kier molecular flexibility index (Phi) is 7.37. The lowest BCUT2D eigenvalue weighted by Crippen LogP contribution is -2.48. The number of piperazine rings is 1. The van der Waals surface area contributed by atoms with Crippen molar-refractivity contribution in [3.05, 3.63) is 59.0 Å². The second-order valence-corrected chi connectivity index (χ2v) is 9.66. The number of imidazole rings is 1. The number of hydrogen-bond acceptors (Lipinski definition) is 9. The number of aliphatic hydroxyl groups excluding tert-OH is 2. The summed E-state index contributed by atoms with van der Waals surface area (Å²) in [7, 11) is 0. The van der Waals surface area contributed by atoms with Gasteiger partial charge in [0.15, 0.2) is 11.5 Å². The second-order valence-electron chi connectivity index (χ2n) is 8.55. The summed E-state index contributed by atoms with van der Waals surface area (Å²) in [5, 5.41) is 22.1. The Morgan fingerprint density at radius 2 is 1.74 bits per heavy atom. The van der Waals surface area contributed by atoms with Gasteiger partial charge in [0.05, 0.1) is 12.4 Å². The first kappa shape index (κ1) is 23.9. The van der Waals surface area contributed by atoms with Gasteiger partial charge in [-0.15, -0.1) is 0 Å². The van der Waals surface area contributed by atoms with Gasteiger partial charge in [0, 0.05) is 81.8 Å². The first-order chi connectivity index (χ1) is 17.1. The summed E-state index contributed by atoms with van der Waals surface area (Å²) in [4.78, 5) is 22.7. The van der Waals surface area contributed by atoms with Gasteiger partial charge in [-0.1, -0.05) is 0 Å². The fourth-order valence-electron chi connectivity index (χ4n) is 4.22. The van der Waals surface area contributed by atoms with E-state index in [0.717, 1.165) is 53.4 Å². The topological polar surface area (TPSA) is 115 Å². The normalized spacial score (nSPS) is 14.7. The number of rotatable bonds is 8. The molecule has 1 aliphatic heterocycles. The molecule has 0 aliphatic carbocycles. The third-order valence-electron chi connectivity index (χ3n) is 6.14. The van der Waals surface area contributed by atoms with Gasteiger partial charge < -0.3 is 24.8 Å². The van der Waals surface area contributed by atoms with Crippen molar-refractivity contribution < 1.29 is 10.2 Å². The van der Waals surface area contributed by atoms with E-state index in [0.29, 0.717) is 17.2 Å². The molecule has 35 heavy (non-hydrogen) atoms. The molecule has 0 unspecified atom stereocenters. The molecule has 0 saturated carbocycles. The molecule has 0 atom stereocenters. The second kappa shape index (κ2) is 10.8. The maximum Gasteiger partial charge on any atom is 0.180 e. The minimum atomic E-state index is -0.0712. The molecule has 1 aromatic carbocycles. The lowest BCUT2D eigenvalue weighted by Gasteiger charge is -2.37. The van der Waals surface area contributed by atoms with Gasteiger partial charge in [-0.3, -0.25) is 9.88 Å². The van der Waals surface area contributed by atoms with Crippen molar-refractivity contribution in [2.24, 2.45) is 5.92 Å². The first-order valence-corrected chi connectivity index (χ1v) is 12.6. The number of benzene rings is 1. The van der Waals surface area contributed by atoms with E-state index in [1.165, 1.54) is 0 Å². The van der Waals surface area contributed by atoms with Crippen molar-refractivity contribution in [1.82, 2.24) is 29.2 Å². The lowest BCUT2D eigenvalue weighted by atomic mass is 10.1. The summed E-state index contributed by atoms with van der Waals surface area (Å²) >= 11 is 2.14. The van der Waals surface area contributed by atoms with Crippen molar-refractivity contribution in [2.75, 3.05) is 56.2 Å². The van der Waals surface area contributed by atoms with E-state index in [4.69, 9.17) is 4.98 Å². The summed E-state index contributed by atoms with van der Waals surface area (Å²) < 4.78 is 2.73. The van der Waals surface area contributed by atoms with E-state index >= 15 is 0 Å². The number of nitrogens with one attached hydrogen (secondary N) is 1. The average Bonchev–Trinajstić information content (AvgIpc) is 3.37. The third kappa shape index (κ3) is 5.53. The van der Waals surface area contributed by atoms with Gasteiger partial charge >= 0.3 is 0 Å². The largest absolute Gasteiger partial charge is 0.396 e. The zero-order chi connectivity index (χ0) is 24.2. The van der Waals surface area contributed by atoms with Gasteiger partial charge in [0.1, 0.15) is 15.1 Å². The van der Waals surface area contributed by atoms with Crippen LogP contribution in [-0.4, -0.2) is 85.4 Å². The van der Waals surface area contributed by atoms with Crippen molar-refractivity contribution in [1.29, 1.82) is 0 Å². The van der Waals surface area contributed by atoms with Gasteiger partial charge in [-0.2, -0.15) is 0 Å². The Morgan fingerprint density at radius 1 is 0.971 bits per heavy atom. The van der Waals surface area contributed by atoms with Gasteiger partial charge in [-0.05, 0) is 46.9 Å². The van der Waals surface area contributed by atoms with E-state index in [1.54, 1.807) is 18.6 Å². The van der Waals surface area contributed by atoms with Crippen molar-refractivity contribution in [3.63, 3.8) is 0 Å². The van der Waals surface area contributed by atoms with Crippen LogP contribution in [0, 0.1) is 9.62 Å². The van der Waals surface area contributed by atoms with Gasteiger partial charge in [0.2, 0.25) is 0 Å². The SMILES string of the molecule is OCC(CO)CN1CCN(c2ccc(Nc3nc(-c4cncc(I)n4)cn4ccnc34)cc2)CC1. The predicted octanol–water partition coefficient (Wildman–Crippen LogP) is 2.26. The fourth-order valence-corrected chi connectivity index (χ4v) is 4.64. The molecule has 1 aliphatic rings. The van der Waals surface area contributed by atoms with E-state index in [-0.39, 0.29) is 19.1 Å². The van der Waals surface area contributed by atoms with Gasteiger partial charge in [0.25, 0.3) is 0 Å². The minimum Gasteiger partial charge on any atom is -0.396 e. The highest BCUT2D eigenvalue weighted by atomic mass is 127. The predicted molar refractivity (Wildman–Crippen MR) is 143 cm³/mol. The summed E-state index contributed by atoms with van der Waals surface area (Å²) in [6.07, 6.45) is 8.96. The molecule has 11 heteroatoms. The molecule has 5 rings (SSSR count). The van der Waals surface area contributed by atoms with Crippen LogP contribution in [-0.2, 0) is 0 Å². The van der Waals surface area contributed by atoms with Crippen LogP contribution < -0.4 is 10.2 Å². The number of halogens is 1. The van der Waals surface area contributed by atoms with Crippen LogP contribution in [0.3, 0.4) is 0 Å². The maximum absolute atomic E-state index is 9.33. The van der Waals surface area contributed by atoms with Crippen LogP contribution in [0.25, 0.3) is 17.0 Å². The smallest absolute Gasteiger partial charge is 0.180 e. The molecule has 0 bridgehead atoms. The highest BCUT2D eigenvalue weighted by Crippen LogP contribution is 2.26. The van der Waals surface area contributed by atoms with Crippen LogP contribution in [0.15, 0.2) is 55.2 Å². The molecule has 4 heterocycles. The molecule has 3 N–H and O–H groups in total. The van der Waals surface area contributed by atoms with Crippen molar-refractivity contribution >= 4 is 45.4 Å². The van der Waals surface area contributed by atoms with Crippen LogP contribution >= 0.6 is 22.6 Å². The molecule has 10 nitrogen and oxygen atoms in total. The Morgan fingerprint density at radius 3 is 2.46 bits per heavy atom. The maximum atomic E-state index is 9.33. The van der Waals surface area contributed by atoms with Crippen molar-refractivity contribution in [2.45, 2.75) is 0 Å². The Hall–Kier alpha value is -2.87. The Balaban J connectivity index is 1.29. The number of anilines is 3. The van der Waals surface area contributed by atoms with Gasteiger partial charge in [-0.25, -0.2) is 15.0 Å². The summed E-state index contributed by atoms with van der Waals surface area (Å²) in [6, 6.07) is 8.32. The first-order valence-electron chi connectivity index (χ1n) is 11.5. The van der Waals surface area contributed by atoms with Crippen LogP contribution in [0.5, 0.6) is 0 Å². The average molecular weight is 586 g/mol. The quantitative estimate of drug-likeness (QED) is 0.268. The monoisotopic (exact) mass is 586 g/mol. The van der Waals surface area contributed by atoms with E-state index in [9.17, 15) is 10.2 Å². The van der Waals surface area contributed by atoms with Crippen LogP contribution in [0.4, 0.5) is 17.2 Å². The molecule has 182 valence electrons. The molecule has 0 amide bonds. The molecular weight excluding hydrogens is 559 g/mol. The third-order valence-corrected chi connectivity index (χ3v) is 6.66. The van der Waals surface area contributed by atoms with Crippen molar-refractivity contribution in [3.8, 4) is 11.4 Å². The lowest BCUT2D eigenvalue weighted by molar-refractivity contribution is 0.107. The molecule has 3 aromatic heterocycles. The number of aromatic nitrogens is 5. The molecule has 0 radical (unpaired) electrons. The van der Waals surface area contributed by atoms with E-state index in [2.05, 4.69) is 64.8 Å². The number of hydrogen-bond donors (Lipinski definition) is 3. The summed E-state index contributed by atoms with van der Waals surface area (Å²) in [6.45, 7) is 4.40.